The van der Waals surface area contributed by atoms with E-state index in [9.17, 15) is 13.2 Å². The maximum atomic E-state index is 13.2. The van der Waals surface area contributed by atoms with Crippen molar-refractivity contribution in [1.82, 2.24) is 0 Å². The van der Waals surface area contributed by atoms with E-state index in [1.807, 2.05) is 37.3 Å². The average Bonchev–Trinajstić information content (AvgIpc) is 2.51. The molecule has 0 fully saturated rings. The van der Waals surface area contributed by atoms with Crippen molar-refractivity contribution < 1.29 is 13.2 Å². The SMILES string of the molecule is CCc1cc2cccc3ccc4cc(C(F)(F)F)cc1c4c32. The standard InChI is InChI=1S/C19H13F3/c1-2-11-8-13-5-3-4-12-6-7-14-9-15(19(20,21)22)10-16(11)18(14)17(12)13/h3-10H,2H2,1H3. The van der Waals surface area contributed by atoms with Crippen LogP contribution < -0.4 is 0 Å². The maximum absolute atomic E-state index is 13.2. The van der Waals surface area contributed by atoms with Crippen molar-refractivity contribution in [3.8, 4) is 0 Å². The molecule has 22 heavy (non-hydrogen) atoms. The third kappa shape index (κ3) is 1.78. The van der Waals surface area contributed by atoms with Gasteiger partial charge in [-0.25, -0.2) is 0 Å². The molecule has 0 saturated carbocycles. The van der Waals surface area contributed by atoms with Crippen LogP contribution in [-0.4, -0.2) is 0 Å². The highest BCUT2D eigenvalue weighted by molar-refractivity contribution is 6.23. The van der Waals surface area contributed by atoms with E-state index in [1.54, 1.807) is 6.07 Å². The van der Waals surface area contributed by atoms with Gasteiger partial charge in [0.2, 0.25) is 0 Å². The summed E-state index contributed by atoms with van der Waals surface area (Å²) in [5.41, 5.74) is 0.385. The minimum atomic E-state index is -4.32. The lowest BCUT2D eigenvalue weighted by molar-refractivity contribution is -0.137. The number of benzene rings is 4. The van der Waals surface area contributed by atoms with E-state index in [-0.39, 0.29) is 0 Å². The molecule has 0 N–H and O–H groups in total. The molecule has 0 unspecified atom stereocenters. The van der Waals surface area contributed by atoms with E-state index in [1.165, 1.54) is 12.1 Å². The van der Waals surface area contributed by atoms with Gasteiger partial charge >= 0.3 is 6.18 Å². The number of alkyl halides is 3. The average molecular weight is 298 g/mol. The van der Waals surface area contributed by atoms with Crippen LogP contribution in [0.4, 0.5) is 13.2 Å². The lowest BCUT2D eigenvalue weighted by Gasteiger charge is -2.16. The van der Waals surface area contributed by atoms with Crippen molar-refractivity contribution in [3.05, 3.63) is 59.7 Å². The number of rotatable bonds is 1. The van der Waals surface area contributed by atoms with Crippen LogP contribution in [0.3, 0.4) is 0 Å². The fraction of sp³-hybridized carbons (Fsp3) is 0.158. The Morgan fingerprint density at radius 1 is 0.818 bits per heavy atom. The van der Waals surface area contributed by atoms with Crippen LogP contribution in [0.2, 0.25) is 0 Å². The van der Waals surface area contributed by atoms with E-state index in [4.69, 9.17) is 0 Å². The van der Waals surface area contributed by atoms with Crippen molar-refractivity contribution in [2.45, 2.75) is 19.5 Å². The molecule has 0 nitrogen and oxygen atoms in total. The van der Waals surface area contributed by atoms with E-state index in [0.717, 1.165) is 32.5 Å². The first-order valence-corrected chi connectivity index (χ1v) is 7.26. The van der Waals surface area contributed by atoms with E-state index < -0.39 is 11.7 Å². The highest BCUT2D eigenvalue weighted by Gasteiger charge is 2.31. The molecule has 0 radical (unpaired) electrons. The third-order valence-corrected chi connectivity index (χ3v) is 4.37. The first kappa shape index (κ1) is 13.4. The predicted molar refractivity (Wildman–Crippen MR) is 84.5 cm³/mol. The van der Waals surface area contributed by atoms with Gasteiger partial charge in [-0.15, -0.1) is 0 Å². The van der Waals surface area contributed by atoms with Crippen LogP contribution >= 0.6 is 0 Å². The lowest BCUT2D eigenvalue weighted by atomic mass is 9.89. The number of hydrogen-bond donors (Lipinski definition) is 0. The topological polar surface area (TPSA) is 0 Å². The van der Waals surface area contributed by atoms with Crippen molar-refractivity contribution in [2.24, 2.45) is 0 Å². The van der Waals surface area contributed by atoms with Crippen molar-refractivity contribution in [1.29, 1.82) is 0 Å². The summed E-state index contributed by atoms with van der Waals surface area (Å²) in [4.78, 5) is 0. The largest absolute Gasteiger partial charge is 0.416 e. The molecule has 0 heterocycles. The van der Waals surface area contributed by atoms with Crippen molar-refractivity contribution >= 4 is 32.3 Å². The highest BCUT2D eigenvalue weighted by Crippen LogP contribution is 2.40. The minimum Gasteiger partial charge on any atom is -0.166 e. The molecule has 4 rings (SSSR count). The summed E-state index contributed by atoms with van der Waals surface area (Å²) in [6.07, 6.45) is -3.61. The summed E-state index contributed by atoms with van der Waals surface area (Å²) < 4.78 is 39.5. The fourth-order valence-corrected chi connectivity index (χ4v) is 3.37. The van der Waals surface area contributed by atoms with Crippen LogP contribution in [-0.2, 0) is 12.6 Å². The number of hydrogen-bond acceptors (Lipinski definition) is 0. The molecular weight excluding hydrogens is 285 g/mol. The summed E-state index contributed by atoms with van der Waals surface area (Å²) in [6, 6.07) is 14.3. The Morgan fingerprint density at radius 3 is 2.23 bits per heavy atom. The Morgan fingerprint density at radius 2 is 1.50 bits per heavy atom. The quantitative estimate of drug-likeness (QED) is 0.369. The summed E-state index contributed by atoms with van der Waals surface area (Å²) in [5.74, 6) is 0. The van der Waals surface area contributed by atoms with Crippen LogP contribution in [0, 0.1) is 0 Å². The monoisotopic (exact) mass is 298 g/mol. The van der Waals surface area contributed by atoms with Crippen LogP contribution in [0.1, 0.15) is 18.1 Å². The Hall–Kier alpha value is -2.29. The molecule has 0 spiro atoms. The fourth-order valence-electron chi connectivity index (χ4n) is 3.37. The predicted octanol–water partition coefficient (Wildman–Crippen LogP) is 6.17. The van der Waals surface area contributed by atoms with Crippen LogP contribution in [0.5, 0.6) is 0 Å². The second-order valence-corrected chi connectivity index (χ2v) is 5.65. The molecule has 110 valence electrons. The molecule has 0 aliphatic heterocycles. The first-order chi connectivity index (χ1) is 10.5. The summed E-state index contributed by atoms with van der Waals surface area (Å²) >= 11 is 0. The first-order valence-electron chi connectivity index (χ1n) is 7.26. The van der Waals surface area contributed by atoms with E-state index in [2.05, 4.69) is 0 Å². The van der Waals surface area contributed by atoms with Gasteiger partial charge in [-0.05, 0) is 56.4 Å². The van der Waals surface area contributed by atoms with Gasteiger partial charge in [0.15, 0.2) is 0 Å². The Bertz CT molecular complexity index is 996. The highest BCUT2D eigenvalue weighted by atomic mass is 19.4. The van der Waals surface area contributed by atoms with Crippen LogP contribution in [0.15, 0.2) is 48.5 Å². The number of halogens is 3. The van der Waals surface area contributed by atoms with Gasteiger partial charge in [0.05, 0.1) is 5.56 Å². The minimum absolute atomic E-state index is 0.576. The molecule has 0 aromatic heterocycles. The van der Waals surface area contributed by atoms with Gasteiger partial charge in [-0.3, -0.25) is 0 Å². The maximum Gasteiger partial charge on any atom is 0.416 e. The molecule has 0 aliphatic rings. The van der Waals surface area contributed by atoms with Gasteiger partial charge in [0, 0.05) is 0 Å². The van der Waals surface area contributed by atoms with Crippen molar-refractivity contribution in [3.63, 3.8) is 0 Å². The summed E-state index contributed by atoms with van der Waals surface area (Å²) in [5, 5.41) is 5.53. The molecule has 4 aromatic carbocycles. The molecule has 0 amide bonds. The molecule has 0 saturated heterocycles. The normalized spacial score (nSPS) is 12.7. The smallest absolute Gasteiger partial charge is 0.166 e. The second kappa shape index (κ2) is 4.35. The Labute approximate surface area is 125 Å². The zero-order valence-electron chi connectivity index (χ0n) is 12.0. The molecule has 0 bridgehead atoms. The van der Waals surface area contributed by atoms with Crippen LogP contribution in [0.25, 0.3) is 32.3 Å². The zero-order valence-corrected chi connectivity index (χ0v) is 12.0. The summed E-state index contributed by atoms with van der Waals surface area (Å²) in [7, 11) is 0. The van der Waals surface area contributed by atoms with Gasteiger partial charge in [-0.1, -0.05) is 43.3 Å². The van der Waals surface area contributed by atoms with Gasteiger partial charge in [0.1, 0.15) is 0 Å². The molecular formula is C19H13F3. The van der Waals surface area contributed by atoms with Gasteiger partial charge < -0.3 is 0 Å². The third-order valence-electron chi connectivity index (χ3n) is 4.37. The zero-order chi connectivity index (χ0) is 15.5. The molecule has 0 atom stereocenters. The molecule has 4 aromatic rings. The summed E-state index contributed by atoms with van der Waals surface area (Å²) in [6.45, 7) is 1.98. The van der Waals surface area contributed by atoms with E-state index >= 15 is 0 Å². The van der Waals surface area contributed by atoms with Crippen molar-refractivity contribution in [2.75, 3.05) is 0 Å². The lowest BCUT2D eigenvalue weighted by Crippen LogP contribution is -2.05. The van der Waals surface area contributed by atoms with Gasteiger partial charge in [0.25, 0.3) is 0 Å². The second-order valence-electron chi connectivity index (χ2n) is 5.65. The Kier molecular flexibility index (Phi) is 2.65. The van der Waals surface area contributed by atoms with E-state index in [0.29, 0.717) is 11.8 Å². The molecule has 3 heteroatoms. The number of aryl methyl sites for hydroxylation is 1. The Balaban J connectivity index is 2.28. The molecule has 0 aliphatic carbocycles. The van der Waals surface area contributed by atoms with Gasteiger partial charge in [-0.2, -0.15) is 13.2 Å².